The van der Waals surface area contributed by atoms with Gasteiger partial charge in [0.05, 0.1) is 19.5 Å². The average molecular weight is 845 g/mol. The maximum absolute atomic E-state index is 5.38. The van der Waals surface area contributed by atoms with Gasteiger partial charge < -0.3 is 0 Å². The summed E-state index contributed by atoms with van der Waals surface area (Å²) >= 11 is 14.1. The van der Waals surface area contributed by atoms with Crippen molar-refractivity contribution >= 4 is 102 Å². The van der Waals surface area contributed by atoms with Crippen LogP contribution in [0.3, 0.4) is 0 Å². The Morgan fingerprint density at radius 3 is 0.889 bits per heavy atom. The van der Waals surface area contributed by atoms with Gasteiger partial charge in [0.25, 0.3) is 0 Å². The Hall–Kier alpha value is -3.98. The minimum atomic E-state index is 0.693. The van der Waals surface area contributed by atoms with Crippen LogP contribution in [0.4, 0.5) is 0 Å². The van der Waals surface area contributed by atoms with Crippen LogP contribution in [0.1, 0.15) is 22.3 Å². The van der Waals surface area contributed by atoms with Gasteiger partial charge in [-0.05, 0) is 144 Å². The van der Waals surface area contributed by atoms with Gasteiger partial charge >= 0.3 is 0 Å². The third-order valence-electron chi connectivity index (χ3n) is 8.77. The van der Waals surface area contributed by atoms with E-state index in [0.29, 0.717) is 11.6 Å². The first-order valence-corrected chi connectivity index (χ1v) is 23.8. The van der Waals surface area contributed by atoms with Crippen molar-refractivity contribution in [2.45, 2.75) is 27.7 Å². The summed E-state index contributed by atoms with van der Waals surface area (Å²) < 4.78 is 0. The van der Waals surface area contributed by atoms with Gasteiger partial charge in [0.15, 0.2) is 11.6 Å². The van der Waals surface area contributed by atoms with Crippen molar-refractivity contribution in [3.05, 3.63) is 117 Å². The van der Waals surface area contributed by atoms with Crippen LogP contribution in [0.5, 0.6) is 0 Å². The number of rotatable bonds is 8. The predicted molar refractivity (Wildman–Crippen MR) is 241 cm³/mol. The van der Waals surface area contributed by atoms with E-state index in [1.807, 2.05) is 0 Å². The molecule has 0 radical (unpaired) electrons. The number of thiophene rings is 8. The minimum Gasteiger partial charge on any atom is -0.224 e. The summed E-state index contributed by atoms with van der Waals surface area (Å²) in [5.41, 5.74) is 8.31. The van der Waals surface area contributed by atoms with Crippen molar-refractivity contribution in [1.82, 2.24) is 19.9 Å². The van der Waals surface area contributed by atoms with Crippen LogP contribution < -0.4 is 0 Å². The molecule has 0 unspecified atom stereocenters. The molecule has 0 aromatic carbocycles. The second-order valence-corrected chi connectivity index (χ2v) is 21.1. The fourth-order valence-electron chi connectivity index (χ4n) is 6.20. The SMILES string of the molecule is Cc1csc(-c2ccc(-c3nc(-c4ccc(-c5cc(C)cs5)s4)c4nc(-c5ccc(-c6cc(C)cs6)s5)nc(-c5ccc(-c6cc(C)cs6)s5)c4n3)s2)c1. The monoisotopic (exact) mass is 844 g/mol. The Labute approximate surface area is 344 Å². The summed E-state index contributed by atoms with van der Waals surface area (Å²) in [6.45, 7) is 8.59. The van der Waals surface area contributed by atoms with Crippen LogP contribution in [0.15, 0.2) is 94.3 Å². The molecular formula is C42H28N4S8. The number of fused-ring (bicyclic) bond motifs is 1. The van der Waals surface area contributed by atoms with Gasteiger partial charge in [0.1, 0.15) is 22.4 Å². The normalized spacial score (nSPS) is 11.7. The van der Waals surface area contributed by atoms with Gasteiger partial charge in [-0.25, -0.2) is 19.9 Å². The molecule has 0 atom stereocenters. The Kier molecular flexibility index (Phi) is 8.91. The van der Waals surface area contributed by atoms with Gasteiger partial charge in [-0.1, -0.05) is 0 Å². The quantitative estimate of drug-likeness (QED) is 0.153. The molecule has 0 aliphatic heterocycles. The highest BCUT2D eigenvalue weighted by atomic mass is 32.1. The van der Waals surface area contributed by atoms with Gasteiger partial charge in [-0.2, -0.15) is 0 Å². The molecule has 0 N–H and O–H groups in total. The molecule has 264 valence electrons. The number of aromatic nitrogens is 4. The molecule has 10 aromatic rings. The molecule has 0 saturated carbocycles. The van der Waals surface area contributed by atoms with E-state index >= 15 is 0 Å². The highest BCUT2D eigenvalue weighted by Crippen LogP contribution is 2.45. The minimum absolute atomic E-state index is 0.693. The summed E-state index contributed by atoms with van der Waals surface area (Å²) in [4.78, 5) is 35.6. The predicted octanol–water partition coefficient (Wildman–Crippen LogP) is 15.5. The lowest BCUT2D eigenvalue weighted by atomic mass is 10.2. The van der Waals surface area contributed by atoms with Crippen LogP contribution in [0.25, 0.3) is 92.6 Å². The Morgan fingerprint density at radius 1 is 0.315 bits per heavy atom. The fourth-order valence-corrected chi connectivity index (χ4v) is 14.1. The summed E-state index contributed by atoms with van der Waals surface area (Å²) in [5, 5.41) is 8.83. The van der Waals surface area contributed by atoms with E-state index in [-0.39, 0.29) is 0 Å². The van der Waals surface area contributed by atoms with Crippen molar-refractivity contribution < 1.29 is 0 Å². The highest BCUT2D eigenvalue weighted by Gasteiger charge is 2.24. The van der Waals surface area contributed by atoms with Crippen LogP contribution in [0.2, 0.25) is 0 Å². The van der Waals surface area contributed by atoms with E-state index in [9.17, 15) is 0 Å². The first-order chi connectivity index (χ1) is 26.3. The fraction of sp³-hybridized carbons (Fsp3) is 0.0952. The molecule has 10 aromatic heterocycles. The summed E-state index contributed by atoms with van der Waals surface area (Å²) in [5.74, 6) is 1.39. The Bertz CT molecular complexity index is 2770. The molecule has 10 rings (SSSR count). The van der Waals surface area contributed by atoms with E-state index < -0.39 is 0 Å². The Balaban J connectivity index is 1.21. The van der Waals surface area contributed by atoms with Crippen LogP contribution in [-0.4, -0.2) is 19.9 Å². The largest absolute Gasteiger partial charge is 0.224 e. The molecule has 4 nitrogen and oxygen atoms in total. The van der Waals surface area contributed by atoms with Gasteiger partial charge in [-0.3, -0.25) is 0 Å². The third kappa shape index (κ3) is 6.48. The molecule has 0 fully saturated rings. The van der Waals surface area contributed by atoms with E-state index in [4.69, 9.17) is 19.9 Å². The maximum Gasteiger partial charge on any atom is 0.170 e. The number of nitrogens with zero attached hydrogens (tertiary/aromatic N) is 4. The zero-order valence-corrected chi connectivity index (χ0v) is 35.8. The van der Waals surface area contributed by atoms with Crippen molar-refractivity contribution in [2.24, 2.45) is 0 Å². The molecule has 0 spiro atoms. The van der Waals surface area contributed by atoms with Gasteiger partial charge in [-0.15, -0.1) is 90.7 Å². The smallest absolute Gasteiger partial charge is 0.170 e. The lowest BCUT2D eigenvalue weighted by Crippen LogP contribution is -2.00. The van der Waals surface area contributed by atoms with Crippen molar-refractivity contribution in [2.75, 3.05) is 0 Å². The molecule has 0 aliphatic rings. The lowest BCUT2D eigenvalue weighted by molar-refractivity contribution is 1.18. The van der Waals surface area contributed by atoms with E-state index in [1.54, 1.807) is 90.7 Å². The molecular weight excluding hydrogens is 817 g/mol. The van der Waals surface area contributed by atoms with E-state index in [1.165, 1.54) is 61.3 Å². The van der Waals surface area contributed by atoms with Crippen LogP contribution in [0, 0.1) is 27.7 Å². The van der Waals surface area contributed by atoms with E-state index in [2.05, 4.69) is 122 Å². The average Bonchev–Trinajstić information content (AvgIpc) is 3.99. The first-order valence-electron chi connectivity index (χ1n) is 17.0. The van der Waals surface area contributed by atoms with Crippen molar-refractivity contribution in [3.8, 4) is 81.6 Å². The van der Waals surface area contributed by atoms with Crippen molar-refractivity contribution in [1.29, 1.82) is 0 Å². The summed E-state index contributed by atoms with van der Waals surface area (Å²) in [7, 11) is 0. The summed E-state index contributed by atoms with van der Waals surface area (Å²) in [6, 6.07) is 26.5. The lowest BCUT2D eigenvalue weighted by Gasteiger charge is -2.11. The van der Waals surface area contributed by atoms with Crippen molar-refractivity contribution in [3.63, 3.8) is 0 Å². The Morgan fingerprint density at radius 2 is 0.593 bits per heavy atom. The third-order valence-corrected chi connectivity index (χ3v) is 18.1. The number of hydrogen-bond acceptors (Lipinski definition) is 12. The van der Waals surface area contributed by atoms with Gasteiger partial charge in [0.2, 0.25) is 0 Å². The molecule has 0 saturated heterocycles. The zero-order valence-electron chi connectivity index (χ0n) is 29.3. The molecule has 10 heterocycles. The van der Waals surface area contributed by atoms with Crippen LogP contribution in [-0.2, 0) is 0 Å². The van der Waals surface area contributed by atoms with Crippen LogP contribution >= 0.6 is 90.7 Å². The second kappa shape index (κ2) is 13.9. The molecule has 0 amide bonds. The second-order valence-electron chi connectivity index (χ2n) is 13.1. The molecule has 0 aliphatic carbocycles. The standard InChI is InChI=1S/C42H28N4S8/c1-21-13-33(47-17-21)25-5-9-29(51-25)37-39-40(46-41(43-37)31-11-7-27(53-31)35-15-23(3)19-49-35)38(30-10-6-26(52-30)34-14-22(2)18-48-34)44-42(45-39)32-12-8-28(54-32)36-16-24(4)20-50-36/h5-20H,1-4H3. The molecule has 54 heavy (non-hydrogen) atoms. The number of aryl methyl sites for hydroxylation is 4. The first kappa shape index (κ1) is 34.5. The molecule has 0 bridgehead atoms. The topological polar surface area (TPSA) is 51.6 Å². The van der Waals surface area contributed by atoms with E-state index in [0.717, 1.165) is 41.9 Å². The summed E-state index contributed by atoms with van der Waals surface area (Å²) in [6.07, 6.45) is 0. The zero-order chi connectivity index (χ0) is 36.5. The maximum atomic E-state index is 5.38. The van der Waals surface area contributed by atoms with Gasteiger partial charge in [0, 0.05) is 39.0 Å². The number of hydrogen-bond donors (Lipinski definition) is 0. The molecule has 12 heteroatoms. The highest BCUT2D eigenvalue weighted by molar-refractivity contribution is 7.25.